The lowest BCUT2D eigenvalue weighted by molar-refractivity contribution is -0.143. The van der Waals surface area contributed by atoms with Crippen molar-refractivity contribution in [3.8, 4) is 0 Å². The van der Waals surface area contributed by atoms with Crippen molar-refractivity contribution >= 4 is 42.3 Å². The van der Waals surface area contributed by atoms with Crippen LogP contribution in [0, 0.1) is 11.8 Å². The molecule has 0 aliphatic heterocycles. The normalized spacial score (nSPS) is 14.9. The molecule has 12 heteroatoms. The van der Waals surface area contributed by atoms with Crippen molar-refractivity contribution < 1.29 is 34.2 Å². The lowest BCUT2D eigenvalue weighted by atomic mass is 9.99. The highest BCUT2D eigenvalue weighted by molar-refractivity contribution is 7.80. The minimum atomic E-state index is -1.41. The van der Waals surface area contributed by atoms with Gasteiger partial charge < -0.3 is 31.9 Å². The predicted molar refractivity (Wildman–Crippen MR) is 121 cm³/mol. The van der Waals surface area contributed by atoms with Crippen molar-refractivity contribution in [3.05, 3.63) is 0 Å². The summed E-state index contributed by atoms with van der Waals surface area (Å²) in [7, 11) is 0. The molecule has 184 valence electrons. The lowest BCUT2D eigenvalue weighted by Gasteiger charge is -2.26. The summed E-state index contributed by atoms with van der Waals surface area (Å²) >= 11 is 3.97. The quantitative estimate of drug-likeness (QED) is 0.157. The van der Waals surface area contributed by atoms with Crippen LogP contribution in [0.15, 0.2) is 0 Å². The number of amides is 3. The van der Waals surface area contributed by atoms with Gasteiger partial charge in [-0.15, -0.1) is 0 Å². The van der Waals surface area contributed by atoms with Crippen LogP contribution in [0.2, 0.25) is 0 Å². The van der Waals surface area contributed by atoms with Crippen LogP contribution in [0.5, 0.6) is 0 Å². The molecule has 0 aliphatic carbocycles. The Labute approximate surface area is 193 Å². The van der Waals surface area contributed by atoms with Gasteiger partial charge in [0.2, 0.25) is 17.7 Å². The van der Waals surface area contributed by atoms with Gasteiger partial charge in [-0.1, -0.05) is 27.7 Å². The Morgan fingerprint density at radius 2 is 1.19 bits per heavy atom. The van der Waals surface area contributed by atoms with Crippen molar-refractivity contribution in [1.82, 2.24) is 16.0 Å². The molecule has 4 atom stereocenters. The van der Waals surface area contributed by atoms with Gasteiger partial charge in [0.15, 0.2) is 0 Å². The molecular weight excluding hydrogens is 440 g/mol. The molecule has 0 spiro atoms. The molecule has 0 aliphatic rings. The monoisotopic (exact) mass is 476 g/mol. The zero-order valence-corrected chi connectivity index (χ0v) is 19.9. The van der Waals surface area contributed by atoms with Gasteiger partial charge >= 0.3 is 11.9 Å². The van der Waals surface area contributed by atoms with E-state index in [1.54, 1.807) is 0 Å². The number of hydrogen-bond donors (Lipinski definition) is 7. The fraction of sp³-hybridized carbons (Fsp3) is 0.750. The zero-order valence-electron chi connectivity index (χ0n) is 19.0. The summed E-state index contributed by atoms with van der Waals surface area (Å²) in [6, 6.07) is -4.33. The first-order valence-electron chi connectivity index (χ1n) is 10.5. The summed E-state index contributed by atoms with van der Waals surface area (Å²) in [6.45, 7) is 7.38. The van der Waals surface area contributed by atoms with Crippen molar-refractivity contribution in [2.75, 3.05) is 5.75 Å². The van der Waals surface area contributed by atoms with Crippen LogP contribution in [0.4, 0.5) is 0 Å². The van der Waals surface area contributed by atoms with E-state index in [4.69, 9.17) is 10.8 Å². The first kappa shape index (κ1) is 29.7. The van der Waals surface area contributed by atoms with E-state index < -0.39 is 60.2 Å². The average Bonchev–Trinajstić information content (AvgIpc) is 2.67. The third-order valence-corrected chi connectivity index (χ3v) is 4.87. The summed E-state index contributed by atoms with van der Waals surface area (Å²) < 4.78 is 0. The van der Waals surface area contributed by atoms with E-state index in [1.807, 2.05) is 27.7 Å². The molecular formula is C20H36N4O7S. The minimum Gasteiger partial charge on any atom is -0.481 e. The molecule has 0 saturated carbocycles. The van der Waals surface area contributed by atoms with E-state index >= 15 is 0 Å². The van der Waals surface area contributed by atoms with Crippen molar-refractivity contribution in [2.45, 2.75) is 77.5 Å². The fourth-order valence-electron chi connectivity index (χ4n) is 2.84. The van der Waals surface area contributed by atoms with Crippen molar-refractivity contribution in [3.63, 3.8) is 0 Å². The fourth-order valence-corrected chi connectivity index (χ4v) is 3.00. The number of carboxylic acids is 2. The highest BCUT2D eigenvalue weighted by Gasteiger charge is 2.31. The van der Waals surface area contributed by atoms with Gasteiger partial charge in [0, 0.05) is 12.2 Å². The summed E-state index contributed by atoms with van der Waals surface area (Å²) in [5, 5.41) is 25.5. The van der Waals surface area contributed by atoms with Crippen molar-refractivity contribution in [2.24, 2.45) is 17.6 Å². The van der Waals surface area contributed by atoms with Gasteiger partial charge in [0.25, 0.3) is 0 Å². The molecule has 0 aromatic heterocycles. The number of aliphatic carboxylic acids is 2. The molecule has 11 nitrogen and oxygen atoms in total. The third-order valence-electron chi connectivity index (χ3n) is 4.48. The molecule has 0 rings (SSSR count). The average molecular weight is 477 g/mol. The lowest BCUT2D eigenvalue weighted by Crippen LogP contribution is -2.57. The number of thiol groups is 1. The van der Waals surface area contributed by atoms with Crippen LogP contribution < -0.4 is 21.7 Å². The molecule has 0 radical (unpaired) electrons. The second-order valence-corrected chi connectivity index (χ2v) is 8.87. The van der Waals surface area contributed by atoms with Crippen LogP contribution >= 0.6 is 12.6 Å². The molecule has 4 unspecified atom stereocenters. The Morgan fingerprint density at radius 3 is 1.53 bits per heavy atom. The smallest absolute Gasteiger partial charge is 0.326 e. The summed E-state index contributed by atoms with van der Waals surface area (Å²) in [6.07, 6.45) is -0.233. The Bertz CT molecular complexity index is 672. The van der Waals surface area contributed by atoms with Gasteiger partial charge in [0.1, 0.15) is 18.1 Å². The van der Waals surface area contributed by atoms with Gasteiger partial charge in [-0.05, 0) is 31.1 Å². The summed E-state index contributed by atoms with van der Waals surface area (Å²) in [5.41, 5.74) is 5.66. The molecule has 0 bridgehead atoms. The van der Waals surface area contributed by atoms with Gasteiger partial charge in [-0.2, -0.15) is 12.6 Å². The second-order valence-electron chi connectivity index (χ2n) is 8.50. The van der Waals surface area contributed by atoms with E-state index in [-0.39, 0.29) is 30.4 Å². The summed E-state index contributed by atoms with van der Waals surface area (Å²) in [4.78, 5) is 59.9. The van der Waals surface area contributed by atoms with Gasteiger partial charge in [-0.25, -0.2) is 4.79 Å². The number of hydrogen-bond acceptors (Lipinski definition) is 7. The third kappa shape index (κ3) is 11.9. The van der Waals surface area contributed by atoms with Crippen LogP contribution in [0.25, 0.3) is 0 Å². The van der Waals surface area contributed by atoms with Crippen LogP contribution in [0.3, 0.4) is 0 Å². The highest BCUT2D eigenvalue weighted by Crippen LogP contribution is 2.10. The minimum absolute atomic E-state index is 0.0240. The zero-order chi connectivity index (χ0) is 25.0. The summed E-state index contributed by atoms with van der Waals surface area (Å²) in [5.74, 6) is -4.35. The van der Waals surface area contributed by atoms with E-state index in [1.165, 1.54) is 0 Å². The van der Waals surface area contributed by atoms with E-state index in [0.717, 1.165) is 0 Å². The van der Waals surface area contributed by atoms with Gasteiger partial charge in [0.05, 0.1) is 6.04 Å². The first-order chi connectivity index (χ1) is 14.8. The van der Waals surface area contributed by atoms with E-state index in [0.29, 0.717) is 6.42 Å². The van der Waals surface area contributed by atoms with Crippen LogP contribution in [-0.4, -0.2) is 69.8 Å². The largest absolute Gasteiger partial charge is 0.481 e. The topological polar surface area (TPSA) is 188 Å². The molecule has 0 aromatic carbocycles. The van der Waals surface area contributed by atoms with Crippen LogP contribution in [-0.2, 0) is 24.0 Å². The SMILES string of the molecule is CC(C)CC(NC(=O)C(N)CS)C(=O)NC(CC(C)C)C(=O)NC(CCC(=O)O)C(=O)O. The molecule has 0 heterocycles. The van der Waals surface area contributed by atoms with E-state index in [2.05, 4.69) is 28.6 Å². The number of nitrogens with one attached hydrogen (secondary N) is 3. The van der Waals surface area contributed by atoms with E-state index in [9.17, 15) is 29.1 Å². The molecule has 0 fully saturated rings. The number of nitrogens with two attached hydrogens (primary N) is 1. The predicted octanol–water partition coefficient (Wildman–Crippen LogP) is -0.260. The molecule has 7 N–H and O–H groups in total. The Kier molecular flexibility index (Phi) is 13.6. The van der Waals surface area contributed by atoms with Crippen molar-refractivity contribution in [1.29, 1.82) is 0 Å². The maximum atomic E-state index is 12.9. The Hall–Kier alpha value is -2.34. The standard InChI is InChI=1S/C20H36N4O7S/c1-10(2)7-14(23-17(27)12(21)9-32)19(29)24-15(8-11(3)4)18(28)22-13(20(30)31)5-6-16(25)26/h10-15,32H,5-9,21H2,1-4H3,(H,22,28)(H,23,27)(H,24,29)(H,25,26)(H,30,31). The first-order valence-corrected chi connectivity index (χ1v) is 11.1. The number of carbonyl (C=O) groups excluding carboxylic acids is 3. The second kappa shape index (κ2) is 14.7. The highest BCUT2D eigenvalue weighted by atomic mass is 32.1. The maximum Gasteiger partial charge on any atom is 0.326 e. The van der Waals surface area contributed by atoms with Gasteiger partial charge in [-0.3, -0.25) is 19.2 Å². The Morgan fingerprint density at radius 1 is 0.781 bits per heavy atom. The number of carboxylic acid groups (broad SMARTS) is 2. The Balaban J connectivity index is 5.46. The molecule has 0 saturated heterocycles. The molecule has 3 amide bonds. The molecule has 0 aromatic rings. The molecule has 32 heavy (non-hydrogen) atoms. The van der Waals surface area contributed by atoms with Crippen LogP contribution in [0.1, 0.15) is 53.4 Å². The number of carbonyl (C=O) groups is 5. The maximum absolute atomic E-state index is 12.9. The number of rotatable bonds is 15.